The quantitative estimate of drug-likeness (QED) is 0.181. The van der Waals surface area contributed by atoms with Crippen LogP contribution in [0.25, 0.3) is 0 Å². The minimum Gasteiger partial charge on any atom is -0.394 e. The van der Waals surface area contributed by atoms with E-state index in [1.807, 2.05) is 0 Å². The van der Waals surface area contributed by atoms with Crippen molar-refractivity contribution < 1.29 is 52.7 Å². The summed E-state index contributed by atoms with van der Waals surface area (Å²) in [6, 6.07) is 1.37. The van der Waals surface area contributed by atoms with Crippen molar-refractivity contribution in [3.63, 3.8) is 0 Å². The number of hydrogen-bond donors (Lipinski definition) is 8. The number of anilines is 1. The van der Waals surface area contributed by atoms with E-state index in [0.29, 0.717) is 0 Å². The summed E-state index contributed by atoms with van der Waals surface area (Å²) >= 11 is 0. The van der Waals surface area contributed by atoms with Crippen LogP contribution in [0.5, 0.6) is 0 Å². The number of aliphatic hydroxyl groups excluding tert-OH is 3. The molecule has 2 rings (SSSR count). The molecule has 0 saturated carbocycles. The van der Waals surface area contributed by atoms with Crippen molar-refractivity contribution in [2.45, 2.75) is 44.0 Å². The van der Waals surface area contributed by atoms with E-state index in [-0.39, 0.29) is 12.4 Å². The molecular formula is C13H26N4O12P2. The average Bonchev–Trinajstić information content (AvgIpc) is 2.87. The summed E-state index contributed by atoms with van der Waals surface area (Å²) in [4.78, 5) is 40.4. The third-order valence-electron chi connectivity index (χ3n) is 3.71. The smallest absolute Gasteiger partial charge is 0.394 e. The monoisotopic (exact) mass is 492 g/mol. The van der Waals surface area contributed by atoms with Crippen molar-refractivity contribution in [2.24, 2.45) is 5.73 Å². The van der Waals surface area contributed by atoms with E-state index in [2.05, 4.69) is 13.8 Å². The Hall–Kier alpha value is -1.26. The first-order valence-corrected chi connectivity index (χ1v) is 11.5. The molecule has 2 heterocycles. The first kappa shape index (κ1) is 27.8. The summed E-state index contributed by atoms with van der Waals surface area (Å²) in [5, 5.41) is 28.2. The average molecular weight is 492 g/mol. The Morgan fingerprint density at radius 1 is 1.26 bits per heavy atom. The van der Waals surface area contributed by atoms with Gasteiger partial charge in [0.25, 0.3) is 0 Å². The molecule has 16 nitrogen and oxygen atoms in total. The van der Waals surface area contributed by atoms with Gasteiger partial charge >= 0.3 is 21.3 Å². The molecule has 1 unspecified atom stereocenters. The summed E-state index contributed by atoms with van der Waals surface area (Å²) < 4.78 is 35.4. The van der Waals surface area contributed by atoms with Crippen molar-refractivity contribution in [3.8, 4) is 0 Å². The number of aromatic nitrogens is 2. The molecule has 180 valence electrons. The van der Waals surface area contributed by atoms with E-state index in [1.54, 1.807) is 0 Å². The van der Waals surface area contributed by atoms with E-state index in [4.69, 9.17) is 36.0 Å². The molecule has 5 atom stereocenters. The molecule has 0 bridgehead atoms. The molecular weight excluding hydrogens is 466 g/mol. The van der Waals surface area contributed by atoms with Crippen LogP contribution in [0.4, 0.5) is 5.82 Å². The van der Waals surface area contributed by atoms with Crippen LogP contribution in [0.2, 0.25) is 0 Å². The van der Waals surface area contributed by atoms with Gasteiger partial charge in [-0.2, -0.15) is 9.29 Å². The van der Waals surface area contributed by atoms with Crippen molar-refractivity contribution in [2.75, 3.05) is 18.9 Å². The number of hydrogen-bond acceptors (Lipinski definition) is 12. The Morgan fingerprint density at radius 2 is 1.84 bits per heavy atom. The fraction of sp³-hybridized carbons (Fsp3) is 0.692. The van der Waals surface area contributed by atoms with Gasteiger partial charge in [-0.15, -0.1) is 0 Å². The van der Waals surface area contributed by atoms with Crippen LogP contribution in [-0.4, -0.2) is 76.6 Å². The number of rotatable bonds is 7. The lowest BCUT2D eigenvalue weighted by molar-refractivity contribution is -0.0549. The lowest BCUT2D eigenvalue weighted by Gasteiger charge is -2.25. The van der Waals surface area contributed by atoms with Gasteiger partial charge in [-0.3, -0.25) is 9.09 Å². The van der Waals surface area contributed by atoms with Gasteiger partial charge in [0.15, 0.2) is 6.23 Å². The highest BCUT2D eigenvalue weighted by molar-refractivity contribution is 7.60. The van der Waals surface area contributed by atoms with E-state index in [9.17, 15) is 24.1 Å². The van der Waals surface area contributed by atoms with Gasteiger partial charge in [0.2, 0.25) is 0 Å². The third kappa shape index (κ3) is 8.65. The Bertz CT molecular complexity index is 889. The summed E-state index contributed by atoms with van der Waals surface area (Å²) in [5.41, 5.74) is 8.59. The minimum absolute atomic E-state index is 0.0537. The minimum atomic E-state index is -5.06. The van der Waals surface area contributed by atoms with Gasteiger partial charge in [-0.25, -0.2) is 13.9 Å². The second kappa shape index (κ2) is 10.6. The molecule has 1 aromatic rings. The summed E-state index contributed by atoms with van der Waals surface area (Å²) in [5.74, 6) is 0.0537. The highest BCUT2D eigenvalue weighted by atomic mass is 31.3. The molecule has 0 radical (unpaired) electrons. The van der Waals surface area contributed by atoms with Gasteiger partial charge in [0.1, 0.15) is 24.1 Å². The van der Waals surface area contributed by atoms with Crippen LogP contribution < -0.4 is 17.2 Å². The van der Waals surface area contributed by atoms with E-state index < -0.39 is 58.1 Å². The Labute approximate surface area is 175 Å². The molecule has 0 aliphatic carbocycles. The van der Waals surface area contributed by atoms with Crippen molar-refractivity contribution in [3.05, 3.63) is 22.7 Å². The topological polar surface area (TPSA) is 270 Å². The van der Waals surface area contributed by atoms with Crippen LogP contribution in [-0.2, 0) is 22.7 Å². The molecule has 18 heteroatoms. The Kier molecular flexibility index (Phi) is 9.47. The van der Waals surface area contributed by atoms with Crippen LogP contribution in [0.1, 0.15) is 20.1 Å². The normalized spacial score (nSPS) is 26.1. The van der Waals surface area contributed by atoms with Gasteiger partial charge < -0.3 is 46.2 Å². The molecule has 1 aliphatic rings. The maximum Gasteiger partial charge on any atom is 0.481 e. The van der Waals surface area contributed by atoms with E-state index >= 15 is 0 Å². The number of phosphoric acid groups is 2. The number of phosphoric ester groups is 1. The summed E-state index contributed by atoms with van der Waals surface area (Å²) in [7, 11) is -9.86. The number of nitrogens with zero attached hydrogens (tertiary/aromatic N) is 2. The Balaban J connectivity index is 0.000000318. The van der Waals surface area contributed by atoms with Crippen molar-refractivity contribution in [1.82, 2.24) is 9.55 Å². The maximum atomic E-state index is 11.5. The number of nitrogens with two attached hydrogens (primary N) is 2. The molecule has 0 aromatic carbocycles. The molecule has 1 saturated heterocycles. The fourth-order valence-corrected chi connectivity index (χ4v) is 4.14. The molecule has 31 heavy (non-hydrogen) atoms. The van der Waals surface area contributed by atoms with Gasteiger partial charge in [0.05, 0.1) is 12.2 Å². The van der Waals surface area contributed by atoms with Crippen LogP contribution in [0.3, 0.4) is 0 Å². The first-order chi connectivity index (χ1) is 14.0. The number of nitrogen functional groups attached to an aromatic ring is 1. The molecule has 0 amide bonds. The zero-order valence-electron chi connectivity index (χ0n) is 16.5. The first-order valence-electron chi connectivity index (χ1n) is 8.49. The second-order valence-corrected chi connectivity index (χ2v) is 9.62. The standard InChI is InChI=1S/C9H13N3O5.C4H13NO7P2/c10-5-1-2-12(9(16)11-5)8-7(15)6(14)4(3-13)17-8;1-4(2,3-5)11-14(9,10)12-13(6,7)8/h1-2,4,6-8,13-15H,3H2,(H2,10,11,16);3,5H2,1-2H3,(H,9,10)(H2,6,7,8)/t4-,6-,7-,8-;/m1./s1. The summed E-state index contributed by atoms with van der Waals surface area (Å²) in [6.45, 7) is 2.19. The second-order valence-electron chi connectivity index (χ2n) is 6.87. The number of aliphatic hydroxyl groups is 3. The lowest BCUT2D eigenvalue weighted by atomic mass is 10.1. The highest BCUT2D eigenvalue weighted by Gasteiger charge is 2.43. The molecule has 10 N–H and O–H groups in total. The van der Waals surface area contributed by atoms with Gasteiger partial charge in [-0.1, -0.05) is 0 Å². The van der Waals surface area contributed by atoms with Crippen LogP contribution in [0.15, 0.2) is 17.1 Å². The third-order valence-corrected chi connectivity index (χ3v) is 6.11. The van der Waals surface area contributed by atoms with E-state index in [0.717, 1.165) is 4.57 Å². The highest BCUT2D eigenvalue weighted by Crippen LogP contribution is 2.59. The predicted octanol–water partition coefficient (Wildman–Crippen LogP) is -2.61. The Morgan fingerprint density at radius 3 is 2.26 bits per heavy atom. The lowest BCUT2D eigenvalue weighted by Crippen LogP contribution is -2.36. The van der Waals surface area contributed by atoms with Crippen molar-refractivity contribution >= 4 is 21.5 Å². The zero-order chi connectivity index (χ0) is 24.2. The predicted molar refractivity (Wildman–Crippen MR) is 103 cm³/mol. The molecule has 1 fully saturated rings. The SMILES string of the molecule is CC(C)(CN)OP(=O)(O)OP(=O)(O)O.Nc1ccn([C@@H]2O[C@H](CO)[C@@H](O)[C@H]2O)c(=O)n1. The van der Waals surface area contributed by atoms with Crippen molar-refractivity contribution in [1.29, 1.82) is 0 Å². The van der Waals surface area contributed by atoms with Crippen LogP contribution >= 0.6 is 15.6 Å². The van der Waals surface area contributed by atoms with Gasteiger partial charge in [-0.05, 0) is 19.9 Å². The zero-order valence-corrected chi connectivity index (χ0v) is 18.2. The molecule has 1 aromatic heterocycles. The van der Waals surface area contributed by atoms with Gasteiger partial charge in [0, 0.05) is 12.7 Å². The maximum absolute atomic E-state index is 11.5. The number of ether oxygens (including phenoxy) is 1. The van der Waals surface area contributed by atoms with Crippen LogP contribution in [0, 0.1) is 0 Å². The largest absolute Gasteiger partial charge is 0.481 e. The molecule has 0 spiro atoms. The fourth-order valence-electron chi connectivity index (χ4n) is 2.23. The summed E-state index contributed by atoms with van der Waals surface area (Å²) in [6.07, 6.45) is -3.27. The van der Waals surface area contributed by atoms with E-state index in [1.165, 1.54) is 26.1 Å². The molecule has 1 aliphatic heterocycles.